The van der Waals surface area contributed by atoms with Crippen LogP contribution in [0.15, 0.2) is 106 Å². The van der Waals surface area contributed by atoms with Gasteiger partial charge in [-0.3, -0.25) is 4.79 Å². The summed E-state index contributed by atoms with van der Waals surface area (Å²) in [5, 5.41) is 16.2. The summed E-state index contributed by atoms with van der Waals surface area (Å²) in [5.41, 5.74) is 6.29. The summed E-state index contributed by atoms with van der Waals surface area (Å²) in [6.07, 6.45) is 6.12. The highest BCUT2D eigenvalue weighted by Gasteiger charge is 2.27. The number of carbonyl (C=O) groups is 1. The summed E-state index contributed by atoms with van der Waals surface area (Å²) in [4.78, 5) is 29.3. The average molecular weight is 960 g/mol. The zero-order chi connectivity index (χ0) is 46.5. The van der Waals surface area contributed by atoms with Gasteiger partial charge in [-0.1, -0.05) is 41.3 Å². The average Bonchev–Trinajstić information content (AvgIpc) is 4.01. The molecular weight excluding hydrogens is 916 g/mol. The number of benzene rings is 3. The summed E-state index contributed by atoms with van der Waals surface area (Å²) in [5.74, 6) is 2.82. The van der Waals surface area contributed by atoms with Crippen molar-refractivity contribution in [1.29, 1.82) is 0 Å². The van der Waals surface area contributed by atoms with Crippen LogP contribution in [0, 0.1) is 33.6 Å². The lowest BCUT2D eigenvalue weighted by Gasteiger charge is -2.16. The van der Waals surface area contributed by atoms with E-state index < -0.39 is 20.0 Å². The number of anilines is 1. The van der Waals surface area contributed by atoms with Gasteiger partial charge in [-0.2, -0.15) is 9.97 Å². The number of halogens is 2. The molecule has 3 aromatic carbocycles. The molecule has 1 aliphatic rings. The number of hydrogen-bond donors (Lipinski definition) is 3. The van der Waals surface area contributed by atoms with Crippen LogP contribution in [0.4, 0.5) is 5.69 Å². The Morgan fingerprint density at radius 1 is 0.785 bits per heavy atom. The Bertz CT molecular complexity index is 3180. The van der Waals surface area contributed by atoms with E-state index in [9.17, 15) is 21.6 Å². The number of nitrogens with one attached hydrogen (secondary N) is 3. The summed E-state index contributed by atoms with van der Waals surface area (Å²) in [6.45, 7) is 9.99. The Kier molecular flexibility index (Phi) is 14.4. The van der Waals surface area contributed by atoms with E-state index in [2.05, 4.69) is 63.9 Å². The molecule has 5 aromatic heterocycles. The molecule has 1 aliphatic carbocycles. The summed E-state index contributed by atoms with van der Waals surface area (Å²) in [6, 6.07) is 21.3. The van der Waals surface area contributed by atoms with Crippen LogP contribution >= 0.6 is 23.2 Å². The third-order valence-electron chi connectivity index (χ3n) is 10.2. The quantitative estimate of drug-likeness (QED) is 0.128. The molecule has 1 amide bonds. The molecule has 3 N–H and O–H groups in total. The fourth-order valence-electron chi connectivity index (χ4n) is 6.61. The van der Waals surface area contributed by atoms with E-state index in [0.29, 0.717) is 44.9 Å². The highest BCUT2D eigenvalue weighted by atomic mass is 35.5. The molecule has 0 radical (unpaired) electrons. The fraction of sp³-hybridized carbons (Fsp3) is 0.256. The number of nitrogens with zero attached hydrogens (tertiary/aromatic N) is 9. The predicted octanol–water partition coefficient (Wildman–Crippen LogP) is 6.80. The Morgan fingerprint density at radius 2 is 1.40 bits per heavy atom. The normalized spacial score (nSPS) is 13.7. The van der Waals surface area contributed by atoms with Crippen LogP contribution in [0.2, 0.25) is 10.0 Å². The molecular formula is C43H44Cl2N12O6S2. The van der Waals surface area contributed by atoms with Gasteiger partial charge in [0.05, 0.1) is 22.9 Å². The van der Waals surface area contributed by atoms with Gasteiger partial charge in [0, 0.05) is 51.5 Å². The van der Waals surface area contributed by atoms with Crippen molar-refractivity contribution in [1.82, 2.24) is 53.8 Å². The van der Waals surface area contributed by atoms with Crippen LogP contribution in [0.1, 0.15) is 69.3 Å². The number of hydrogen-bond acceptors (Lipinski definition) is 13. The van der Waals surface area contributed by atoms with Crippen molar-refractivity contribution < 1.29 is 26.2 Å². The van der Waals surface area contributed by atoms with Crippen LogP contribution in [0.5, 0.6) is 0 Å². The molecule has 0 spiro atoms. The number of aryl methyl sites for hydroxylation is 5. The Labute approximate surface area is 384 Å². The lowest BCUT2D eigenvalue weighted by Crippen LogP contribution is -2.23. The zero-order valence-corrected chi connectivity index (χ0v) is 39.0. The second-order valence-corrected chi connectivity index (χ2v) is 19.7. The fourth-order valence-corrected chi connectivity index (χ4v) is 8.82. The largest absolute Gasteiger partial charge is 0.360 e. The number of amides is 1. The first-order valence-corrected chi connectivity index (χ1v) is 23.9. The van der Waals surface area contributed by atoms with E-state index in [4.69, 9.17) is 27.7 Å². The van der Waals surface area contributed by atoms with Crippen LogP contribution in [-0.2, 0) is 46.0 Å². The molecule has 65 heavy (non-hydrogen) atoms. The predicted molar refractivity (Wildman–Crippen MR) is 244 cm³/mol. The summed E-state index contributed by atoms with van der Waals surface area (Å²) >= 11 is 11.5. The topological polar surface area (TPSA) is 234 Å². The van der Waals surface area contributed by atoms with Crippen molar-refractivity contribution in [3.05, 3.63) is 152 Å². The maximum atomic E-state index is 12.4. The van der Waals surface area contributed by atoms with Crippen LogP contribution in [0.3, 0.4) is 0 Å². The first-order chi connectivity index (χ1) is 30.9. The molecule has 22 heteroatoms. The minimum Gasteiger partial charge on any atom is -0.360 e. The van der Waals surface area contributed by atoms with E-state index >= 15 is 0 Å². The number of aromatic nitrogens is 9. The van der Waals surface area contributed by atoms with E-state index in [0.717, 1.165) is 53.2 Å². The van der Waals surface area contributed by atoms with E-state index in [-0.39, 0.29) is 28.8 Å². The van der Waals surface area contributed by atoms with Crippen LogP contribution < -0.4 is 14.8 Å². The number of fused-ring (bicyclic) bond motifs is 3. The molecule has 338 valence electrons. The molecule has 0 aliphatic heterocycles. The summed E-state index contributed by atoms with van der Waals surface area (Å²) < 4.78 is 61.9. The Morgan fingerprint density at radius 3 is 2.02 bits per heavy atom. The SMILES string of the molecule is Cc1cc(C)n2nc(CNS(=O)(=O)c3ccc(Cl)cc3)nc2n1.Cc1ccc(NC(=O)c2noc3c2CC(C)CC3)cc1C.O=S(=O)(NCc1nc2ncccn2n1)c1ccc(Cl)cc1. The number of rotatable bonds is 10. The lowest BCUT2D eigenvalue weighted by molar-refractivity contribution is 0.101. The maximum Gasteiger partial charge on any atom is 0.278 e. The highest BCUT2D eigenvalue weighted by molar-refractivity contribution is 7.89. The third-order valence-corrected chi connectivity index (χ3v) is 13.5. The molecule has 1 atom stereocenters. The molecule has 0 bridgehead atoms. The van der Waals surface area contributed by atoms with Crippen molar-refractivity contribution in [2.45, 2.75) is 76.8 Å². The van der Waals surface area contributed by atoms with Gasteiger partial charge in [0.2, 0.25) is 20.0 Å². The van der Waals surface area contributed by atoms with Crippen molar-refractivity contribution in [3.63, 3.8) is 0 Å². The first kappa shape index (κ1) is 46.8. The van der Waals surface area contributed by atoms with Gasteiger partial charge < -0.3 is 9.84 Å². The van der Waals surface area contributed by atoms with Crippen molar-refractivity contribution >= 4 is 66.4 Å². The molecule has 5 heterocycles. The van der Waals surface area contributed by atoms with E-state index in [1.807, 2.05) is 45.0 Å². The second-order valence-electron chi connectivity index (χ2n) is 15.3. The minimum atomic E-state index is -3.65. The van der Waals surface area contributed by atoms with Gasteiger partial charge in [-0.25, -0.2) is 45.3 Å². The lowest BCUT2D eigenvalue weighted by atomic mass is 9.88. The van der Waals surface area contributed by atoms with Crippen molar-refractivity contribution in [2.24, 2.45) is 5.92 Å². The van der Waals surface area contributed by atoms with Gasteiger partial charge in [0.1, 0.15) is 5.76 Å². The summed E-state index contributed by atoms with van der Waals surface area (Å²) in [7, 11) is -7.28. The monoisotopic (exact) mass is 958 g/mol. The second kappa shape index (κ2) is 19.9. The van der Waals surface area contributed by atoms with Gasteiger partial charge in [0.25, 0.3) is 17.5 Å². The maximum absolute atomic E-state index is 12.4. The Hall–Kier alpha value is -6.16. The van der Waals surface area contributed by atoms with Crippen LogP contribution in [0.25, 0.3) is 11.6 Å². The van der Waals surface area contributed by atoms with Crippen molar-refractivity contribution in [2.75, 3.05) is 5.32 Å². The molecule has 0 saturated heterocycles. The van der Waals surface area contributed by atoms with Gasteiger partial charge >= 0.3 is 0 Å². The van der Waals surface area contributed by atoms with E-state index in [1.165, 1.54) is 58.6 Å². The molecule has 0 fully saturated rings. The smallest absolute Gasteiger partial charge is 0.278 e. The highest BCUT2D eigenvalue weighted by Crippen LogP contribution is 2.28. The minimum absolute atomic E-state index is 0.0195. The third kappa shape index (κ3) is 11.8. The standard InChI is InChI=1S/C17H20N2O2.C14H14ClN5O2S.C12H10ClN5O2S/c1-10-4-7-15-14(8-10)16(19-21-15)17(20)18-13-6-5-11(2)12(3)9-13;1-9-7-10(2)20-14(17-9)18-13(19-20)8-16-23(21,22)12-5-3-11(15)4-6-12;13-9-2-4-10(5-3-9)21(19,20)15-8-11-16-12-14-6-1-7-18(12)17-11/h5-6,9-10H,4,7-8H2,1-3H3,(H,18,20);3-7,16H,8H2,1-2H3;1-7,15H,8H2. The molecule has 8 aromatic rings. The van der Waals surface area contributed by atoms with Gasteiger partial charge in [-0.05, 0) is 130 Å². The van der Waals surface area contributed by atoms with Gasteiger partial charge in [0.15, 0.2) is 17.3 Å². The first-order valence-electron chi connectivity index (χ1n) is 20.2. The molecule has 1 unspecified atom stereocenters. The van der Waals surface area contributed by atoms with Crippen LogP contribution in [-0.4, -0.2) is 67.1 Å². The van der Waals surface area contributed by atoms with E-state index in [1.54, 1.807) is 23.0 Å². The van der Waals surface area contributed by atoms with Crippen molar-refractivity contribution in [3.8, 4) is 0 Å². The molecule has 9 rings (SSSR count). The molecule has 0 saturated carbocycles. The zero-order valence-electron chi connectivity index (χ0n) is 35.8. The number of sulfonamides is 2. The Balaban J connectivity index is 0.000000146. The van der Waals surface area contributed by atoms with Gasteiger partial charge in [-0.15, -0.1) is 10.2 Å². The number of carbonyl (C=O) groups excluding carboxylic acids is 1. The molecule has 18 nitrogen and oxygen atoms in total.